The van der Waals surface area contributed by atoms with Crippen LogP contribution in [0, 0.1) is 26.7 Å². The summed E-state index contributed by atoms with van der Waals surface area (Å²) in [5, 5.41) is 1.88. The zero-order chi connectivity index (χ0) is 21.1. The van der Waals surface area contributed by atoms with Crippen molar-refractivity contribution < 1.29 is 19.1 Å². The molecule has 1 atom stereocenters. The molecule has 1 saturated heterocycles. The van der Waals surface area contributed by atoms with Crippen LogP contribution in [-0.2, 0) is 9.53 Å². The standard InChI is InChI=1S/C23H27NO4S/c1-14-12-16(3)19(13-15(14)2)21(25)17(4)28-23(27)18-7-9-24(10-8-18)22(26)20-6-5-11-29-20/h5-6,11-13,17-18H,7-10H2,1-4H3/t17-/m1/s1. The lowest BCUT2D eigenvalue weighted by Gasteiger charge is -2.31. The average molecular weight is 414 g/mol. The van der Waals surface area contributed by atoms with E-state index in [0.29, 0.717) is 36.4 Å². The molecule has 0 N–H and O–H groups in total. The maximum absolute atomic E-state index is 12.8. The van der Waals surface area contributed by atoms with Gasteiger partial charge in [0.1, 0.15) is 0 Å². The van der Waals surface area contributed by atoms with Gasteiger partial charge in [-0.15, -0.1) is 11.3 Å². The van der Waals surface area contributed by atoms with Gasteiger partial charge in [0.05, 0.1) is 10.8 Å². The van der Waals surface area contributed by atoms with Gasteiger partial charge in [0.15, 0.2) is 6.10 Å². The molecule has 5 nitrogen and oxygen atoms in total. The van der Waals surface area contributed by atoms with E-state index in [9.17, 15) is 14.4 Å². The van der Waals surface area contributed by atoms with Crippen LogP contribution in [0.2, 0.25) is 0 Å². The van der Waals surface area contributed by atoms with Crippen molar-refractivity contribution in [3.8, 4) is 0 Å². The number of carbonyl (C=O) groups is 3. The second-order valence-electron chi connectivity index (χ2n) is 7.74. The molecule has 0 radical (unpaired) electrons. The zero-order valence-corrected chi connectivity index (χ0v) is 18.2. The van der Waals surface area contributed by atoms with E-state index >= 15 is 0 Å². The van der Waals surface area contributed by atoms with Crippen LogP contribution in [0.4, 0.5) is 0 Å². The number of hydrogen-bond acceptors (Lipinski definition) is 5. The maximum atomic E-state index is 12.8. The molecule has 1 aliphatic rings. The van der Waals surface area contributed by atoms with Crippen LogP contribution in [0.25, 0.3) is 0 Å². The highest BCUT2D eigenvalue weighted by atomic mass is 32.1. The van der Waals surface area contributed by atoms with E-state index < -0.39 is 6.10 Å². The highest BCUT2D eigenvalue weighted by molar-refractivity contribution is 7.12. The molecule has 0 aliphatic carbocycles. The van der Waals surface area contributed by atoms with E-state index in [1.165, 1.54) is 11.3 Å². The second-order valence-corrected chi connectivity index (χ2v) is 8.69. The Hall–Kier alpha value is -2.47. The van der Waals surface area contributed by atoms with Crippen molar-refractivity contribution >= 4 is 29.0 Å². The summed E-state index contributed by atoms with van der Waals surface area (Å²) in [5.41, 5.74) is 3.67. The fraction of sp³-hybridized carbons (Fsp3) is 0.435. The van der Waals surface area contributed by atoms with Crippen molar-refractivity contribution in [2.75, 3.05) is 13.1 Å². The quantitative estimate of drug-likeness (QED) is 0.540. The number of piperidine rings is 1. The zero-order valence-electron chi connectivity index (χ0n) is 17.4. The van der Waals surface area contributed by atoms with E-state index in [4.69, 9.17) is 4.74 Å². The normalized spacial score (nSPS) is 15.8. The summed E-state index contributed by atoms with van der Waals surface area (Å²) < 4.78 is 5.51. The third-order valence-corrected chi connectivity index (χ3v) is 6.47. The summed E-state index contributed by atoms with van der Waals surface area (Å²) in [5.74, 6) is -0.793. The molecule has 1 amide bonds. The summed E-state index contributed by atoms with van der Waals surface area (Å²) in [6.45, 7) is 8.55. The van der Waals surface area contributed by atoms with Crippen molar-refractivity contribution in [3.63, 3.8) is 0 Å². The topological polar surface area (TPSA) is 63.7 Å². The minimum atomic E-state index is -0.825. The highest BCUT2D eigenvalue weighted by Crippen LogP contribution is 2.23. The maximum Gasteiger partial charge on any atom is 0.309 e. The Bertz CT molecular complexity index is 911. The predicted octanol–water partition coefficient (Wildman–Crippen LogP) is 4.34. The van der Waals surface area contributed by atoms with Crippen molar-refractivity contribution in [2.24, 2.45) is 5.92 Å². The molecular formula is C23H27NO4S. The lowest BCUT2D eigenvalue weighted by molar-refractivity contribution is -0.152. The molecule has 154 valence electrons. The first-order valence-corrected chi connectivity index (χ1v) is 10.8. The molecular weight excluding hydrogens is 386 g/mol. The van der Waals surface area contributed by atoms with Gasteiger partial charge in [0.2, 0.25) is 5.78 Å². The lowest BCUT2D eigenvalue weighted by Crippen LogP contribution is -2.41. The van der Waals surface area contributed by atoms with Crippen LogP contribution >= 0.6 is 11.3 Å². The number of aryl methyl sites for hydroxylation is 3. The Morgan fingerprint density at radius 2 is 1.72 bits per heavy atom. The third kappa shape index (κ3) is 4.75. The largest absolute Gasteiger partial charge is 0.454 e. The molecule has 0 saturated carbocycles. The Labute approximate surface area is 175 Å². The molecule has 0 spiro atoms. The first-order chi connectivity index (χ1) is 13.8. The lowest BCUT2D eigenvalue weighted by atomic mass is 9.95. The number of ketones is 1. The van der Waals surface area contributed by atoms with E-state index in [-0.39, 0.29) is 23.6 Å². The Morgan fingerprint density at radius 1 is 1.07 bits per heavy atom. The highest BCUT2D eigenvalue weighted by Gasteiger charge is 2.31. The smallest absolute Gasteiger partial charge is 0.309 e. The van der Waals surface area contributed by atoms with Crippen molar-refractivity contribution in [2.45, 2.75) is 46.6 Å². The van der Waals surface area contributed by atoms with Crippen molar-refractivity contribution in [1.82, 2.24) is 4.90 Å². The molecule has 29 heavy (non-hydrogen) atoms. The fourth-order valence-corrected chi connectivity index (χ4v) is 4.33. The molecule has 3 rings (SSSR count). The molecule has 2 aromatic rings. The molecule has 0 unspecified atom stereocenters. The van der Waals surface area contributed by atoms with Gasteiger partial charge < -0.3 is 9.64 Å². The summed E-state index contributed by atoms with van der Waals surface area (Å²) in [6.07, 6.45) is 0.285. The number of likely N-dealkylation sites (tertiary alicyclic amines) is 1. The first-order valence-electron chi connectivity index (χ1n) is 9.93. The van der Waals surface area contributed by atoms with E-state index in [0.717, 1.165) is 16.7 Å². The number of benzene rings is 1. The molecule has 6 heteroatoms. The number of amides is 1. The Balaban J connectivity index is 1.56. The van der Waals surface area contributed by atoms with Crippen LogP contribution in [0.5, 0.6) is 0 Å². The number of rotatable bonds is 5. The van der Waals surface area contributed by atoms with Gasteiger partial charge in [-0.05, 0) is 74.7 Å². The minimum absolute atomic E-state index is 0.0144. The number of Topliss-reactive ketones (excluding diaryl/α,β-unsaturated/α-hetero) is 1. The van der Waals surface area contributed by atoms with Gasteiger partial charge in [-0.2, -0.15) is 0 Å². The number of hydrogen-bond donors (Lipinski definition) is 0. The van der Waals surface area contributed by atoms with Crippen LogP contribution in [0.1, 0.15) is 56.5 Å². The summed E-state index contributed by atoms with van der Waals surface area (Å²) in [4.78, 5) is 40.3. The van der Waals surface area contributed by atoms with Gasteiger partial charge in [-0.3, -0.25) is 14.4 Å². The van der Waals surface area contributed by atoms with E-state index in [1.807, 2.05) is 50.4 Å². The summed E-state index contributed by atoms with van der Waals surface area (Å²) in [7, 11) is 0. The molecule has 1 fully saturated rings. The predicted molar refractivity (Wildman–Crippen MR) is 113 cm³/mol. The fourth-order valence-electron chi connectivity index (χ4n) is 3.64. The van der Waals surface area contributed by atoms with E-state index in [2.05, 4.69) is 0 Å². The molecule has 1 aliphatic heterocycles. The van der Waals surface area contributed by atoms with Gasteiger partial charge in [-0.25, -0.2) is 0 Å². The van der Waals surface area contributed by atoms with Crippen LogP contribution < -0.4 is 0 Å². The van der Waals surface area contributed by atoms with Gasteiger partial charge in [0, 0.05) is 18.7 Å². The summed E-state index contributed by atoms with van der Waals surface area (Å²) >= 11 is 1.42. The molecule has 2 heterocycles. The Morgan fingerprint density at radius 3 is 2.34 bits per heavy atom. The average Bonchev–Trinajstić information content (AvgIpc) is 3.24. The SMILES string of the molecule is Cc1cc(C)c(C(=O)[C@@H](C)OC(=O)C2CCN(C(=O)c3cccs3)CC2)cc1C. The first kappa shape index (κ1) is 21.2. The van der Waals surface area contributed by atoms with Crippen LogP contribution in [0.3, 0.4) is 0 Å². The van der Waals surface area contributed by atoms with Gasteiger partial charge >= 0.3 is 5.97 Å². The number of carbonyl (C=O) groups excluding carboxylic acids is 3. The van der Waals surface area contributed by atoms with Crippen molar-refractivity contribution in [1.29, 1.82) is 0 Å². The number of ether oxygens (including phenoxy) is 1. The van der Waals surface area contributed by atoms with Gasteiger partial charge in [-0.1, -0.05) is 12.1 Å². The number of esters is 1. The molecule has 1 aromatic heterocycles. The number of thiophene rings is 1. The van der Waals surface area contributed by atoms with Crippen molar-refractivity contribution in [3.05, 3.63) is 56.8 Å². The van der Waals surface area contributed by atoms with E-state index in [1.54, 1.807) is 11.8 Å². The number of nitrogens with zero attached hydrogens (tertiary/aromatic N) is 1. The Kier molecular flexibility index (Phi) is 6.52. The summed E-state index contributed by atoms with van der Waals surface area (Å²) in [6, 6.07) is 7.52. The third-order valence-electron chi connectivity index (χ3n) is 5.62. The monoisotopic (exact) mass is 413 g/mol. The molecule has 1 aromatic carbocycles. The van der Waals surface area contributed by atoms with Crippen LogP contribution in [0.15, 0.2) is 29.6 Å². The van der Waals surface area contributed by atoms with Crippen LogP contribution in [-0.4, -0.2) is 41.8 Å². The van der Waals surface area contributed by atoms with Gasteiger partial charge in [0.25, 0.3) is 5.91 Å². The minimum Gasteiger partial charge on any atom is -0.454 e. The molecule has 0 bridgehead atoms. The second kappa shape index (κ2) is 8.91.